The van der Waals surface area contributed by atoms with Gasteiger partial charge in [0.25, 0.3) is 0 Å². The van der Waals surface area contributed by atoms with Crippen molar-refractivity contribution in [3.05, 3.63) is 16.1 Å². The summed E-state index contributed by atoms with van der Waals surface area (Å²) in [5, 5.41) is 15.4. The SMILES string of the molecule is OCc1csc(C2CCCNC2)n1. The largest absolute Gasteiger partial charge is 0.390 e. The molecule has 1 aliphatic rings. The number of piperidine rings is 1. The summed E-state index contributed by atoms with van der Waals surface area (Å²) in [6, 6.07) is 0. The van der Waals surface area contributed by atoms with Crippen LogP contribution in [0.25, 0.3) is 0 Å². The Morgan fingerprint density at radius 2 is 2.62 bits per heavy atom. The van der Waals surface area contributed by atoms with Crippen LogP contribution in [0.5, 0.6) is 0 Å². The molecule has 2 N–H and O–H groups in total. The lowest BCUT2D eigenvalue weighted by Gasteiger charge is -2.20. The molecule has 1 unspecified atom stereocenters. The molecule has 13 heavy (non-hydrogen) atoms. The average molecular weight is 198 g/mol. The van der Waals surface area contributed by atoms with E-state index in [0.29, 0.717) is 5.92 Å². The summed E-state index contributed by atoms with van der Waals surface area (Å²) in [4.78, 5) is 4.38. The summed E-state index contributed by atoms with van der Waals surface area (Å²) in [5.41, 5.74) is 0.811. The van der Waals surface area contributed by atoms with Gasteiger partial charge in [-0.15, -0.1) is 11.3 Å². The molecule has 3 nitrogen and oxygen atoms in total. The Kier molecular flexibility index (Phi) is 2.93. The molecule has 0 bridgehead atoms. The van der Waals surface area contributed by atoms with Gasteiger partial charge in [-0.1, -0.05) is 0 Å². The molecule has 0 radical (unpaired) electrons. The Hall–Kier alpha value is -0.450. The van der Waals surface area contributed by atoms with Crippen LogP contribution in [0, 0.1) is 0 Å². The molecule has 1 atom stereocenters. The highest BCUT2D eigenvalue weighted by Gasteiger charge is 2.17. The number of hydrogen-bond donors (Lipinski definition) is 2. The maximum Gasteiger partial charge on any atom is 0.0973 e. The molecule has 1 aromatic rings. The second kappa shape index (κ2) is 4.17. The number of aliphatic hydroxyl groups excluding tert-OH is 1. The van der Waals surface area contributed by atoms with Gasteiger partial charge in [0, 0.05) is 17.8 Å². The smallest absolute Gasteiger partial charge is 0.0973 e. The van der Waals surface area contributed by atoms with Crippen molar-refractivity contribution < 1.29 is 5.11 Å². The van der Waals surface area contributed by atoms with Gasteiger partial charge >= 0.3 is 0 Å². The van der Waals surface area contributed by atoms with E-state index >= 15 is 0 Å². The number of aliphatic hydroxyl groups is 1. The zero-order valence-corrected chi connectivity index (χ0v) is 8.31. The first-order chi connectivity index (χ1) is 6.40. The van der Waals surface area contributed by atoms with E-state index in [4.69, 9.17) is 5.11 Å². The van der Waals surface area contributed by atoms with Gasteiger partial charge in [0.1, 0.15) is 0 Å². The Morgan fingerprint density at radius 3 is 3.23 bits per heavy atom. The van der Waals surface area contributed by atoms with E-state index in [1.165, 1.54) is 17.8 Å². The first-order valence-electron chi connectivity index (χ1n) is 4.66. The van der Waals surface area contributed by atoms with Gasteiger partial charge in [-0.2, -0.15) is 0 Å². The third kappa shape index (κ3) is 2.07. The summed E-state index contributed by atoms with van der Waals surface area (Å²) < 4.78 is 0. The predicted octanol–water partition coefficient (Wildman–Crippen LogP) is 1.10. The van der Waals surface area contributed by atoms with Gasteiger partial charge in [-0.25, -0.2) is 4.98 Å². The van der Waals surface area contributed by atoms with Gasteiger partial charge in [0.15, 0.2) is 0 Å². The van der Waals surface area contributed by atoms with Crippen molar-refractivity contribution in [3.63, 3.8) is 0 Å². The first kappa shape index (κ1) is 9.12. The van der Waals surface area contributed by atoms with Gasteiger partial charge < -0.3 is 10.4 Å². The monoisotopic (exact) mass is 198 g/mol. The highest BCUT2D eigenvalue weighted by Crippen LogP contribution is 2.25. The number of nitrogens with zero attached hydrogens (tertiary/aromatic N) is 1. The minimum atomic E-state index is 0.0661. The third-order valence-corrected chi connectivity index (χ3v) is 3.43. The van der Waals surface area contributed by atoms with Crippen LogP contribution in [0.4, 0.5) is 0 Å². The minimum absolute atomic E-state index is 0.0661. The fourth-order valence-electron chi connectivity index (χ4n) is 1.65. The van der Waals surface area contributed by atoms with E-state index in [1.807, 2.05) is 5.38 Å². The highest BCUT2D eigenvalue weighted by molar-refractivity contribution is 7.09. The molecular formula is C9H14N2OS. The van der Waals surface area contributed by atoms with Crippen LogP contribution < -0.4 is 5.32 Å². The van der Waals surface area contributed by atoms with Crippen LogP contribution in [0.3, 0.4) is 0 Å². The number of hydrogen-bond acceptors (Lipinski definition) is 4. The predicted molar refractivity (Wildman–Crippen MR) is 52.9 cm³/mol. The molecule has 2 heterocycles. The number of nitrogens with one attached hydrogen (secondary N) is 1. The van der Waals surface area contributed by atoms with Crippen molar-refractivity contribution in [2.45, 2.75) is 25.4 Å². The average Bonchev–Trinajstić information content (AvgIpc) is 2.67. The minimum Gasteiger partial charge on any atom is -0.390 e. The maximum absolute atomic E-state index is 8.88. The molecule has 72 valence electrons. The summed E-state index contributed by atoms with van der Waals surface area (Å²) >= 11 is 1.67. The van der Waals surface area contributed by atoms with Crippen molar-refractivity contribution in [1.82, 2.24) is 10.3 Å². The molecule has 2 rings (SSSR count). The van der Waals surface area contributed by atoms with Crippen molar-refractivity contribution in [3.8, 4) is 0 Å². The van der Waals surface area contributed by atoms with Crippen LogP contribution in [-0.4, -0.2) is 23.2 Å². The molecule has 0 aliphatic carbocycles. The van der Waals surface area contributed by atoms with Crippen molar-refractivity contribution in [2.24, 2.45) is 0 Å². The van der Waals surface area contributed by atoms with Crippen LogP contribution >= 0.6 is 11.3 Å². The molecule has 1 fully saturated rings. The fourth-order valence-corrected chi connectivity index (χ4v) is 2.59. The quantitative estimate of drug-likeness (QED) is 0.748. The van der Waals surface area contributed by atoms with Crippen molar-refractivity contribution in [2.75, 3.05) is 13.1 Å². The van der Waals surface area contributed by atoms with Crippen molar-refractivity contribution >= 4 is 11.3 Å². The molecule has 0 amide bonds. The van der Waals surface area contributed by atoms with Crippen LogP contribution in [0.1, 0.15) is 29.5 Å². The Balaban J connectivity index is 2.05. The van der Waals surface area contributed by atoms with E-state index in [-0.39, 0.29) is 6.61 Å². The standard InChI is InChI=1S/C9H14N2OS/c12-5-8-6-13-9(11-8)7-2-1-3-10-4-7/h6-7,10,12H,1-5H2. The Labute approximate surface area is 81.8 Å². The second-order valence-electron chi connectivity index (χ2n) is 3.38. The van der Waals surface area contributed by atoms with E-state index in [2.05, 4.69) is 10.3 Å². The molecule has 4 heteroatoms. The maximum atomic E-state index is 8.88. The van der Waals surface area contributed by atoms with Gasteiger partial charge in [-0.05, 0) is 19.4 Å². The van der Waals surface area contributed by atoms with Crippen LogP contribution in [-0.2, 0) is 6.61 Å². The number of thiazole rings is 1. The summed E-state index contributed by atoms with van der Waals surface area (Å²) in [6.45, 7) is 2.24. The lowest BCUT2D eigenvalue weighted by Crippen LogP contribution is -2.28. The Morgan fingerprint density at radius 1 is 1.69 bits per heavy atom. The number of rotatable bonds is 2. The molecule has 1 aliphatic heterocycles. The van der Waals surface area contributed by atoms with E-state index in [1.54, 1.807) is 11.3 Å². The fraction of sp³-hybridized carbons (Fsp3) is 0.667. The lowest BCUT2D eigenvalue weighted by atomic mass is 10.0. The van der Waals surface area contributed by atoms with Gasteiger partial charge in [0.05, 0.1) is 17.3 Å². The zero-order chi connectivity index (χ0) is 9.10. The summed E-state index contributed by atoms with van der Waals surface area (Å²) in [7, 11) is 0. The molecule has 0 saturated carbocycles. The van der Waals surface area contributed by atoms with Crippen LogP contribution in [0.15, 0.2) is 5.38 Å². The molecular weight excluding hydrogens is 184 g/mol. The topological polar surface area (TPSA) is 45.1 Å². The first-order valence-corrected chi connectivity index (χ1v) is 5.54. The number of aromatic nitrogens is 1. The summed E-state index contributed by atoms with van der Waals surface area (Å²) in [5.74, 6) is 0.569. The zero-order valence-electron chi connectivity index (χ0n) is 7.49. The lowest BCUT2D eigenvalue weighted by molar-refractivity contribution is 0.277. The molecule has 0 spiro atoms. The van der Waals surface area contributed by atoms with Crippen molar-refractivity contribution in [1.29, 1.82) is 0 Å². The molecule has 1 aromatic heterocycles. The van der Waals surface area contributed by atoms with E-state index in [9.17, 15) is 0 Å². The highest BCUT2D eigenvalue weighted by atomic mass is 32.1. The molecule has 0 aromatic carbocycles. The third-order valence-electron chi connectivity index (χ3n) is 2.38. The normalized spacial score (nSPS) is 23.3. The van der Waals surface area contributed by atoms with Crippen LogP contribution in [0.2, 0.25) is 0 Å². The van der Waals surface area contributed by atoms with Gasteiger partial charge in [-0.3, -0.25) is 0 Å². The van der Waals surface area contributed by atoms with E-state index in [0.717, 1.165) is 18.8 Å². The van der Waals surface area contributed by atoms with E-state index < -0.39 is 0 Å². The summed E-state index contributed by atoms with van der Waals surface area (Å²) in [6.07, 6.45) is 2.46. The molecule has 1 saturated heterocycles. The second-order valence-corrected chi connectivity index (χ2v) is 4.27. The van der Waals surface area contributed by atoms with Gasteiger partial charge in [0.2, 0.25) is 0 Å². The Bertz CT molecular complexity index is 268.